The maximum atomic E-state index is 14.0. The molecule has 1 aliphatic rings. The molecule has 3 aromatic rings. The van der Waals surface area contributed by atoms with E-state index >= 15 is 0 Å². The van der Waals surface area contributed by atoms with E-state index in [1.165, 1.54) is 0 Å². The van der Waals surface area contributed by atoms with Gasteiger partial charge in [0.05, 0.1) is 12.1 Å². The van der Waals surface area contributed by atoms with Crippen LogP contribution in [0.2, 0.25) is 0 Å². The van der Waals surface area contributed by atoms with Crippen LogP contribution in [0.3, 0.4) is 0 Å². The number of anilines is 1. The monoisotopic (exact) mass is 543 g/mol. The van der Waals surface area contributed by atoms with E-state index in [0.717, 1.165) is 55.0 Å². The van der Waals surface area contributed by atoms with Crippen LogP contribution in [0.4, 0.5) is 5.69 Å². The molecule has 1 aliphatic heterocycles. The first kappa shape index (κ1) is 29.5. The highest BCUT2D eigenvalue weighted by Gasteiger charge is 2.26. The summed E-state index contributed by atoms with van der Waals surface area (Å²) in [6, 6.07) is 19.9. The number of nitrogens with zero attached hydrogens (tertiary/aromatic N) is 5. The molecule has 0 unspecified atom stereocenters. The van der Waals surface area contributed by atoms with Crippen LogP contribution in [0, 0.1) is 11.8 Å². The van der Waals surface area contributed by atoms with Crippen LogP contribution in [-0.2, 0) is 31.2 Å². The Labute approximate surface area is 239 Å². The third-order valence-electron chi connectivity index (χ3n) is 7.36. The Balaban J connectivity index is 1.68. The quantitative estimate of drug-likeness (QED) is 0.411. The van der Waals surface area contributed by atoms with Crippen molar-refractivity contribution in [1.29, 1.82) is 0 Å². The minimum absolute atomic E-state index is 0.0225. The average molecular weight is 544 g/mol. The molecule has 2 aromatic carbocycles. The predicted octanol–water partition coefficient (Wildman–Crippen LogP) is 5.20. The van der Waals surface area contributed by atoms with Gasteiger partial charge < -0.3 is 14.7 Å². The molecule has 2 heterocycles. The lowest BCUT2D eigenvalue weighted by atomic mass is 10.1. The van der Waals surface area contributed by atoms with E-state index in [0.29, 0.717) is 43.6 Å². The normalized spacial score (nSPS) is 15.3. The van der Waals surface area contributed by atoms with Crippen molar-refractivity contribution in [3.05, 3.63) is 83.2 Å². The Morgan fingerprint density at radius 1 is 0.875 bits per heavy atom. The van der Waals surface area contributed by atoms with Gasteiger partial charge >= 0.3 is 0 Å². The summed E-state index contributed by atoms with van der Waals surface area (Å²) in [6.45, 7) is 13.1. The second-order valence-corrected chi connectivity index (χ2v) is 11.9. The summed E-state index contributed by atoms with van der Waals surface area (Å²) in [5.41, 5.74) is 4.43. The van der Waals surface area contributed by atoms with E-state index in [-0.39, 0.29) is 11.8 Å². The summed E-state index contributed by atoms with van der Waals surface area (Å²) in [5, 5.41) is 4.64. The summed E-state index contributed by atoms with van der Waals surface area (Å²) < 4.78 is 1.72. The van der Waals surface area contributed by atoms with Crippen LogP contribution >= 0.6 is 0 Å². The second kappa shape index (κ2) is 13.8. The first-order valence-corrected chi connectivity index (χ1v) is 14.7. The highest BCUT2D eigenvalue weighted by atomic mass is 16.2. The zero-order chi connectivity index (χ0) is 28.6. The molecule has 0 bridgehead atoms. The topological polar surface area (TPSA) is 61.7 Å². The molecule has 40 heavy (non-hydrogen) atoms. The van der Waals surface area contributed by atoms with E-state index in [4.69, 9.17) is 0 Å². The number of benzene rings is 2. The van der Waals surface area contributed by atoms with E-state index in [1.807, 2.05) is 71.4 Å². The van der Waals surface area contributed by atoms with Crippen molar-refractivity contribution < 1.29 is 9.59 Å². The molecule has 1 aromatic heterocycles. The molecule has 0 radical (unpaired) electrons. The predicted molar refractivity (Wildman–Crippen MR) is 161 cm³/mol. The lowest BCUT2D eigenvalue weighted by Gasteiger charge is -2.28. The Morgan fingerprint density at radius 2 is 1.60 bits per heavy atom. The number of hydrogen-bond acceptors (Lipinski definition) is 4. The van der Waals surface area contributed by atoms with E-state index < -0.39 is 0 Å². The largest absolute Gasteiger partial charge is 0.332 e. The lowest BCUT2D eigenvalue weighted by molar-refractivity contribution is -0.118. The summed E-state index contributed by atoms with van der Waals surface area (Å²) in [5.74, 6) is 1.03. The number of aromatic nitrogens is 2. The second-order valence-electron chi connectivity index (χ2n) is 11.9. The molecule has 0 fully saturated rings. The number of amides is 2. The summed E-state index contributed by atoms with van der Waals surface area (Å²) in [4.78, 5) is 34.1. The summed E-state index contributed by atoms with van der Waals surface area (Å²) in [6.07, 6.45) is 2.06. The number of para-hydroxylation sites is 1. The molecule has 2 amide bonds. The van der Waals surface area contributed by atoms with Gasteiger partial charge in [0.1, 0.15) is 5.69 Å². The van der Waals surface area contributed by atoms with Crippen LogP contribution in [0.5, 0.6) is 0 Å². The van der Waals surface area contributed by atoms with Crippen molar-refractivity contribution in [2.45, 2.75) is 53.5 Å². The third kappa shape index (κ3) is 7.81. The summed E-state index contributed by atoms with van der Waals surface area (Å²) in [7, 11) is 1.85. The first-order valence-electron chi connectivity index (χ1n) is 14.7. The molecule has 7 heteroatoms. The van der Waals surface area contributed by atoms with E-state index in [2.05, 4.69) is 43.8 Å². The molecule has 0 saturated carbocycles. The fourth-order valence-electron chi connectivity index (χ4n) is 5.54. The SMILES string of the molecule is CC(C)Cc1cc(C(=O)N2CCN(CC(C)C)CCCN(C(=O)Cc3ccccc3)c3ccccc3C2)n(C)n1. The van der Waals surface area contributed by atoms with Gasteiger partial charge in [0, 0.05) is 45.5 Å². The number of carbonyl (C=O) groups is 2. The van der Waals surface area contributed by atoms with Crippen LogP contribution in [0.25, 0.3) is 0 Å². The van der Waals surface area contributed by atoms with Gasteiger partial charge in [-0.3, -0.25) is 14.3 Å². The maximum absolute atomic E-state index is 14.0. The maximum Gasteiger partial charge on any atom is 0.272 e. The van der Waals surface area contributed by atoms with Crippen molar-refractivity contribution in [1.82, 2.24) is 19.6 Å². The fraction of sp³-hybridized carbons (Fsp3) is 0.485. The van der Waals surface area contributed by atoms with Crippen molar-refractivity contribution in [3.63, 3.8) is 0 Å². The Bertz CT molecular complexity index is 1270. The first-order chi connectivity index (χ1) is 19.2. The molecular weight excluding hydrogens is 498 g/mol. The Hall–Kier alpha value is -3.45. The molecule has 214 valence electrons. The number of fused-ring (bicyclic) bond motifs is 1. The minimum Gasteiger partial charge on any atom is -0.332 e. The highest BCUT2D eigenvalue weighted by Crippen LogP contribution is 2.25. The van der Waals surface area contributed by atoms with E-state index in [1.54, 1.807) is 4.68 Å². The van der Waals surface area contributed by atoms with Crippen LogP contribution < -0.4 is 4.90 Å². The standard InChI is InChI=1S/C33H45N5O2/c1-25(2)20-29-22-31(35(5)34-29)33(40)37-19-18-36(23-26(3)4)16-11-17-38(30-15-10-9-14-28(30)24-37)32(39)21-27-12-7-6-8-13-27/h6-10,12-15,22,25-26H,11,16-21,23-24H2,1-5H3. The number of rotatable bonds is 7. The zero-order valence-electron chi connectivity index (χ0n) is 24.8. The molecular formula is C33H45N5O2. The van der Waals surface area contributed by atoms with Gasteiger partial charge in [-0.25, -0.2) is 0 Å². The number of aryl methyl sites for hydroxylation is 1. The number of carbonyl (C=O) groups excluding carboxylic acids is 2. The van der Waals surface area contributed by atoms with Gasteiger partial charge in [-0.1, -0.05) is 76.2 Å². The van der Waals surface area contributed by atoms with Crippen molar-refractivity contribution in [2.75, 3.05) is 37.6 Å². The molecule has 0 saturated heterocycles. The molecule has 4 rings (SSSR count). The van der Waals surface area contributed by atoms with Gasteiger partial charge in [-0.05, 0) is 54.5 Å². The smallest absolute Gasteiger partial charge is 0.272 e. The molecule has 0 aliphatic carbocycles. The van der Waals surface area contributed by atoms with E-state index in [9.17, 15) is 9.59 Å². The number of hydrogen-bond donors (Lipinski definition) is 0. The molecule has 7 nitrogen and oxygen atoms in total. The minimum atomic E-state index is -0.0225. The van der Waals surface area contributed by atoms with Crippen molar-refractivity contribution >= 4 is 17.5 Å². The van der Waals surface area contributed by atoms with Gasteiger partial charge in [0.25, 0.3) is 5.91 Å². The Kier molecular flexibility index (Phi) is 10.2. The molecule has 0 N–H and O–H groups in total. The summed E-state index contributed by atoms with van der Waals surface area (Å²) >= 11 is 0. The third-order valence-corrected chi connectivity index (χ3v) is 7.36. The highest BCUT2D eigenvalue weighted by molar-refractivity contribution is 5.96. The van der Waals surface area contributed by atoms with Crippen LogP contribution in [0.1, 0.15) is 61.4 Å². The van der Waals surface area contributed by atoms with Gasteiger partial charge in [-0.15, -0.1) is 0 Å². The molecule has 0 spiro atoms. The lowest BCUT2D eigenvalue weighted by Crippen LogP contribution is -2.40. The average Bonchev–Trinajstić information content (AvgIpc) is 3.26. The molecule has 0 atom stereocenters. The van der Waals surface area contributed by atoms with Gasteiger partial charge in [0.15, 0.2) is 0 Å². The van der Waals surface area contributed by atoms with Crippen LogP contribution in [0.15, 0.2) is 60.7 Å². The zero-order valence-corrected chi connectivity index (χ0v) is 24.8. The Morgan fingerprint density at radius 3 is 2.33 bits per heavy atom. The van der Waals surface area contributed by atoms with Gasteiger partial charge in [-0.2, -0.15) is 5.10 Å². The van der Waals surface area contributed by atoms with Crippen molar-refractivity contribution in [2.24, 2.45) is 18.9 Å². The van der Waals surface area contributed by atoms with Gasteiger partial charge in [0.2, 0.25) is 5.91 Å². The van der Waals surface area contributed by atoms with Crippen LogP contribution in [-0.4, -0.2) is 64.1 Å². The fourth-order valence-corrected chi connectivity index (χ4v) is 5.54. The van der Waals surface area contributed by atoms with Crippen molar-refractivity contribution in [3.8, 4) is 0 Å².